The Morgan fingerprint density at radius 3 is 2.65 bits per heavy atom. The van der Waals surface area contributed by atoms with Crippen LogP contribution in [0.5, 0.6) is 5.75 Å². The fraction of sp³-hybridized carbons (Fsp3) is 0.333. The lowest BCUT2D eigenvalue weighted by molar-refractivity contribution is -0.146. The molecule has 1 aliphatic rings. The van der Waals surface area contributed by atoms with Gasteiger partial charge in [0.25, 0.3) is 11.8 Å². The first-order valence-corrected chi connectivity index (χ1v) is 14.1. The highest BCUT2D eigenvalue weighted by atomic mass is 35.5. The molecule has 192 valence electrons. The average molecular weight is 555 g/mol. The molecule has 5 rings (SSSR count). The van der Waals surface area contributed by atoms with E-state index in [9.17, 15) is 9.59 Å². The molecule has 1 saturated heterocycles. The Balaban J connectivity index is 1.18. The number of thiazole rings is 2. The molecule has 2 aromatic heterocycles. The first kappa shape index (κ1) is 25.6. The van der Waals surface area contributed by atoms with E-state index in [1.807, 2.05) is 42.2 Å². The van der Waals surface area contributed by atoms with Gasteiger partial charge in [-0.25, -0.2) is 9.97 Å². The second-order valence-corrected chi connectivity index (χ2v) is 12.1. The minimum atomic E-state index is -1.04. The molecule has 0 spiro atoms. The maximum Gasteiger partial charge on any atom is 0.275 e. The van der Waals surface area contributed by atoms with Crippen LogP contribution in [0.4, 0.5) is 5.69 Å². The summed E-state index contributed by atoms with van der Waals surface area (Å²) < 4.78 is 7.07. The molecule has 0 saturated carbocycles. The number of fused-ring (bicyclic) bond motifs is 1. The van der Waals surface area contributed by atoms with Crippen molar-refractivity contribution in [2.75, 3.05) is 18.4 Å². The number of hydrogen-bond donors (Lipinski definition) is 1. The van der Waals surface area contributed by atoms with Gasteiger partial charge in [-0.1, -0.05) is 23.7 Å². The summed E-state index contributed by atoms with van der Waals surface area (Å²) in [4.78, 5) is 37.0. The van der Waals surface area contributed by atoms with Gasteiger partial charge in [0, 0.05) is 30.1 Å². The lowest BCUT2D eigenvalue weighted by Gasteiger charge is -2.36. The number of hydrogen-bond acceptors (Lipinski definition) is 7. The third-order valence-corrected chi connectivity index (χ3v) is 8.63. The number of nitrogens with zero attached hydrogens (tertiary/aromatic N) is 3. The summed E-state index contributed by atoms with van der Waals surface area (Å²) in [5.41, 5.74) is 0.944. The van der Waals surface area contributed by atoms with Crippen molar-refractivity contribution in [1.29, 1.82) is 0 Å². The monoisotopic (exact) mass is 554 g/mol. The van der Waals surface area contributed by atoms with Crippen LogP contribution in [0.15, 0.2) is 47.8 Å². The number of nitrogens with one attached hydrogen (secondary N) is 1. The number of para-hydroxylation sites is 1. The van der Waals surface area contributed by atoms with Crippen molar-refractivity contribution in [3.05, 3.63) is 68.6 Å². The highest BCUT2D eigenvalue weighted by Crippen LogP contribution is 2.33. The second kappa shape index (κ2) is 10.4. The number of anilines is 1. The molecule has 0 atom stereocenters. The van der Waals surface area contributed by atoms with E-state index in [1.54, 1.807) is 42.7 Å². The van der Waals surface area contributed by atoms with Gasteiger partial charge in [-0.3, -0.25) is 9.59 Å². The van der Waals surface area contributed by atoms with Crippen LogP contribution in [-0.4, -0.2) is 45.4 Å². The van der Waals surface area contributed by atoms with Crippen LogP contribution < -0.4 is 10.1 Å². The lowest BCUT2D eigenvalue weighted by atomic mass is 9.96. The number of amides is 2. The maximum atomic E-state index is 13.2. The third-order valence-electron chi connectivity index (χ3n) is 6.36. The van der Waals surface area contributed by atoms with Gasteiger partial charge in [0.2, 0.25) is 0 Å². The van der Waals surface area contributed by atoms with Crippen LogP contribution in [0.25, 0.3) is 10.2 Å². The summed E-state index contributed by atoms with van der Waals surface area (Å²) in [5.74, 6) is 0.391. The Morgan fingerprint density at radius 1 is 1.14 bits per heavy atom. The van der Waals surface area contributed by atoms with Crippen LogP contribution in [0.2, 0.25) is 5.02 Å². The minimum absolute atomic E-state index is 0.0719. The highest BCUT2D eigenvalue weighted by Gasteiger charge is 2.37. The zero-order valence-electron chi connectivity index (χ0n) is 20.8. The molecule has 0 radical (unpaired) electrons. The molecule has 0 bridgehead atoms. The molecule has 37 heavy (non-hydrogen) atoms. The molecule has 4 aromatic rings. The number of benzene rings is 2. The van der Waals surface area contributed by atoms with E-state index in [0.717, 1.165) is 33.1 Å². The van der Waals surface area contributed by atoms with E-state index in [2.05, 4.69) is 15.3 Å². The molecule has 2 amide bonds. The van der Waals surface area contributed by atoms with Crippen LogP contribution in [-0.2, 0) is 4.79 Å². The number of piperidine rings is 1. The number of likely N-dealkylation sites (tertiary alicyclic amines) is 1. The van der Waals surface area contributed by atoms with E-state index >= 15 is 0 Å². The normalized spacial score (nSPS) is 14.6. The Kier molecular flexibility index (Phi) is 7.20. The maximum absolute atomic E-state index is 13.2. The summed E-state index contributed by atoms with van der Waals surface area (Å²) >= 11 is 9.34. The third kappa shape index (κ3) is 5.63. The molecule has 1 aliphatic heterocycles. The fourth-order valence-corrected chi connectivity index (χ4v) is 6.40. The summed E-state index contributed by atoms with van der Waals surface area (Å²) in [6.07, 6.45) is 1.56. The van der Waals surface area contributed by atoms with Gasteiger partial charge in [0.1, 0.15) is 11.4 Å². The van der Waals surface area contributed by atoms with Crippen molar-refractivity contribution in [2.45, 2.75) is 45.1 Å². The van der Waals surface area contributed by atoms with Gasteiger partial charge in [-0.05, 0) is 63.9 Å². The van der Waals surface area contributed by atoms with Gasteiger partial charge < -0.3 is 15.0 Å². The van der Waals surface area contributed by atoms with Gasteiger partial charge in [-0.2, -0.15) is 0 Å². The molecule has 7 nitrogen and oxygen atoms in total. The quantitative estimate of drug-likeness (QED) is 0.293. The summed E-state index contributed by atoms with van der Waals surface area (Å²) in [6.45, 7) is 6.71. The zero-order valence-corrected chi connectivity index (χ0v) is 23.2. The SMILES string of the molecule is Cc1nc2cc(NC(=O)c3csc(C4CCN(C(=O)C(C)(C)Oc5ccccc5Cl)CC4)n3)ccc2s1. The smallest absolute Gasteiger partial charge is 0.275 e. The second-order valence-electron chi connectivity index (χ2n) is 9.55. The van der Waals surface area contributed by atoms with Crippen LogP contribution >= 0.6 is 34.3 Å². The molecule has 3 heterocycles. The van der Waals surface area contributed by atoms with Crippen molar-refractivity contribution in [2.24, 2.45) is 0 Å². The van der Waals surface area contributed by atoms with Gasteiger partial charge >= 0.3 is 0 Å². The molecule has 1 N–H and O–H groups in total. The Hall–Kier alpha value is -3.01. The van der Waals surface area contributed by atoms with E-state index < -0.39 is 5.60 Å². The van der Waals surface area contributed by atoms with Crippen molar-refractivity contribution < 1.29 is 14.3 Å². The molecular weight excluding hydrogens is 528 g/mol. The number of carbonyl (C=O) groups excluding carboxylic acids is 2. The Bertz CT molecular complexity index is 1460. The molecule has 1 fully saturated rings. The first-order chi connectivity index (χ1) is 17.7. The van der Waals surface area contributed by atoms with Gasteiger partial charge in [0.05, 0.1) is 25.3 Å². The van der Waals surface area contributed by atoms with Gasteiger partial charge in [0.15, 0.2) is 5.60 Å². The van der Waals surface area contributed by atoms with Crippen molar-refractivity contribution in [3.8, 4) is 5.75 Å². The molecule has 0 unspecified atom stereocenters. The average Bonchev–Trinajstić information content (AvgIpc) is 3.51. The van der Waals surface area contributed by atoms with E-state index in [1.165, 1.54) is 11.3 Å². The van der Waals surface area contributed by atoms with E-state index in [4.69, 9.17) is 16.3 Å². The zero-order chi connectivity index (χ0) is 26.2. The number of halogens is 1. The van der Waals surface area contributed by atoms with Crippen molar-refractivity contribution in [1.82, 2.24) is 14.9 Å². The number of carbonyl (C=O) groups is 2. The molecule has 2 aromatic carbocycles. The Labute approximate surface area is 228 Å². The van der Waals surface area contributed by atoms with Crippen molar-refractivity contribution >= 4 is 62.0 Å². The summed E-state index contributed by atoms with van der Waals surface area (Å²) in [6, 6.07) is 12.9. The van der Waals surface area contributed by atoms with Crippen molar-refractivity contribution in [3.63, 3.8) is 0 Å². The predicted molar refractivity (Wildman–Crippen MR) is 149 cm³/mol. The number of aryl methyl sites for hydroxylation is 1. The lowest BCUT2D eigenvalue weighted by Crippen LogP contribution is -2.51. The highest BCUT2D eigenvalue weighted by molar-refractivity contribution is 7.18. The molecule has 10 heteroatoms. The number of ether oxygens (including phenoxy) is 1. The van der Waals surface area contributed by atoms with Crippen LogP contribution in [0.3, 0.4) is 0 Å². The summed E-state index contributed by atoms with van der Waals surface area (Å²) in [5, 5.41) is 7.13. The number of rotatable bonds is 6. The Morgan fingerprint density at radius 2 is 1.89 bits per heavy atom. The largest absolute Gasteiger partial charge is 0.476 e. The van der Waals surface area contributed by atoms with Gasteiger partial charge in [-0.15, -0.1) is 22.7 Å². The topological polar surface area (TPSA) is 84.4 Å². The fourth-order valence-electron chi connectivity index (χ4n) is 4.45. The van der Waals surface area contributed by atoms with Crippen LogP contribution in [0.1, 0.15) is 53.1 Å². The van der Waals surface area contributed by atoms with Crippen LogP contribution in [0, 0.1) is 6.92 Å². The number of aromatic nitrogens is 2. The van der Waals surface area contributed by atoms with E-state index in [-0.39, 0.29) is 17.7 Å². The van der Waals surface area contributed by atoms with E-state index in [0.29, 0.717) is 35.2 Å². The first-order valence-electron chi connectivity index (χ1n) is 12.1. The summed E-state index contributed by atoms with van der Waals surface area (Å²) in [7, 11) is 0. The predicted octanol–water partition coefficient (Wildman–Crippen LogP) is 6.53. The standard InChI is InChI=1S/C27H27ClN4O3S2/c1-16-29-20-14-18(8-9-23(20)37-16)30-24(33)21-15-36-25(31-21)17-10-12-32(13-11-17)26(34)27(2,3)35-22-7-5-4-6-19(22)28/h4-9,14-15,17H,10-13H2,1-3H3,(H,30,33). The minimum Gasteiger partial charge on any atom is -0.476 e. The molecule has 0 aliphatic carbocycles. The molecular formula is C27H27ClN4O3S2.